The summed E-state index contributed by atoms with van der Waals surface area (Å²) in [5, 5.41) is 29.5. The van der Waals surface area contributed by atoms with Crippen LogP contribution in [0.3, 0.4) is 0 Å². The standard InChI is InChI=1S/C14H16BN5O5/c16-5-9-6-20(19-18-9)7-12(21)17-11-4-8-2-1-3-10(14(22)23)13(8)25-15(11)24/h1-3,6,11,24H,4-5,7,16H2,(H,17,21)(H,22,23)/t11-/m0/s1. The van der Waals surface area contributed by atoms with Crippen molar-refractivity contribution in [3.63, 3.8) is 0 Å². The van der Waals surface area contributed by atoms with Crippen molar-refractivity contribution in [2.24, 2.45) is 5.73 Å². The Hall–Kier alpha value is -2.92. The van der Waals surface area contributed by atoms with Crippen molar-refractivity contribution in [3.8, 4) is 5.75 Å². The lowest BCUT2D eigenvalue weighted by Gasteiger charge is -2.28. The van der Waals surface area contributed by atoms with Gasteiger partial charge in [-0.1, -0.05) is 17.3 Å². The molecule has 1 aliphatic heterocycles. The Bertz CT molecular complexity index is 811. The van der Waals surface area contributed by atoms with Gasteiger partial charge in [0, 0.05) is 6.54 Å². The van der Waals surface area contributed by atoms with Crippen molar-refractivity contribution in [3.05, 3.63) is 41.2 Å². The second kappa shape index (κ2) is 6.91. The number of para-hydroxylation sites is 1. The van der Waals surface area contributed by atoms with Crippen LogP contribution in [0.1, 0.15) is 21.6 Å². The molecule has 0 saturated carbocycles. The number of rotatable bonds is 5. The molecule has 0 radical (unpaired) electrons. The molecule has 0 fully saturated rings. The summed E-state index contributed by atoms with van der Waals surface area (Å²) >= 11 is 0. The fourth-order valence-electron chi connectivity index (χ4n) is 2.63. The number of nitrogens with two attached hydrogens (primary N) is 1. The maximum atomic E-state index is 12.1. The van der Waals surface area contributed by atoms with Crippen LogP contribution in [0.5, 0.6) is 5.75 Å². The fourth-order valence-corrected chi connectivity index (χ4v) is 2.63. The molecule has 5 N–H and O–H groups in total. The highest BCUT2D eigenvalue weighted by atomic mass is 16.5. The zero-order valence-electron chi connectivity index (χ0n) is 13.1. The van der Waals surface area contributed by atoms with Gasteiger partial charge in [-0.25, -0.2) is 9.48 Å². The summed E-state index contributed by atoms with van der Waals surface area (Å²) in [4.78, 5) is 23.3. The topological polar surface area (TPSA) is 153 Å². The van der Waals surface area contributed by atoms with Crippen LogP contribution in [-0.2, 0) is 24.3 Å². The van der Waals surface area contributed by atoms with Crippen LogP contribution < -0.4 is 15.7 Å². The minimum absolute atomic E-state index is 0.0294. The molecular formula is C14H16BN5O5. The molecule has 0 saturated heterocycles. The third kappa shape index (κ3) is 3.62. The number of fused-ring (bicyclic) bond motifs is 1. The predicted molar refractivity (Wildman–Crippen MR) is 85.6 cm³/mol. The summed E-state index contributed by atoms with van der Waals surface area (Å²) in [6, 6.07) is 4.68. The highest BCUT2D eigenvalue weighted by Gasteiger charge is 2.37. The smallest absolute Gasteiger partial charge is 0.534 e. The summed E-state index contributed by atoms with van der Waals surface area (Å²) < 4.78 is 6.66. The number of amides is 1. The van der Waals surface area contributed by atoms with Gasteiger partial charge in [-0.05, 0) is 18.1 Å². The van der Waals surface area contributed by atoms with Gasteiger partial charge in [0.05, 0.1) is 23.4 Å². The van der Waals surface area contributed by atoms with Crippen LogP contribution in [0, 0.1) is 0 Å². The number of benzene rings is 1. The first kappa shape index (κ1) is 16.9. The first-order valence-electron chi connectivity index (χ1n) is 7.56. The van der Waals surface area contributed by atoms with Crippen molar-refractivity contribution >= 4 is 19.0 Å². The number of aromatic carboxylic acids is 1. The van der Waals surface area contributed by atoms with Gasteiger partial charge < -0.3 is 25.8 Å². The first-order chi connectivity index (χ1) is 12.0. The number of hydrogen-bond acceptors (Lipinski definition) is 7. The Morgan fingerprint density at radius 2 is 2.28 bits per heavy atom. The van der Waals surface area contributed by atoms with Crippen LogP contribution in [0.4, 0.5) is 0 Å². The molecule has 0 spiro atoms. The van der Waals surface area contributed by atoms with Crippen molar-refractivity contribution < 1.29 is 24.4 Å². The van der Waals surface area contributed by atoms with E-state index in [1.54, 1.807) is 18.3 Å². The SMILES string of the molecule is NCc1cn(CC(=O)N[C@H]2Cc3cccc(C(=O)O)c3OB2O)nn1. The van der Waals surface area contributed by atoms with Crippen molar-refractivity contribution in [2.45, 2.75) is 25.5 Å². The number of carboxylic acid groups (broad SMARTS) is 1. The number of carboxylic acids is 1. The quantitative estimate of drug-likeness (QED) is 0.482. The summed E-state index contributed by atoms with van der Waals surface area (Å²) in [7, 11) is -1.35. The van der Waals surface area contributed by atoms with Gasteiger partial charge in [0.2, 0.25) is 5.91 Å². The molecule has 1 aliphatic rings. The lowest BCUT2D eigenvalue weighted by molar-refractivity contribution is -0.122. The zero-order chi connectivity index (χ0) is 18.0. The monoisotopic (exact) mass is 345 g/mol. The lowest BCUT2D eigenvalue weighted by Crippen LogP contribution is -2.53. The third-order valence-electron chi connectivity index (χ3n) is 3.80. The van der Waals surface area contributed by atoms with E-state index in [1.807, 2.05) is 0 Å². The van der Waals surface area contributed by atoms with Crippen molar-refractivity contribution in [2.75, 3.05) is 0 Å². The largest absolute Gasteiger partial charge is 0.547 e. The Morgan fingerprint density at radius 3 is 2.96 bits per heavy atom. The number of nitrogens with one attached hydrogen (secondary N) is 1. The highest BCUT2D eigenvalue weighted by Crippen LogP contribution is 2.30. The second-order valence-electron chi connectivity index (χ2n) is 5.60. The van der Waals surface area contributed by atoms with Crippen LogP contribution in [0.15, 0.2) is 24.4 Å². The van der Waals surface area contributed by atoms with Gasteiger partial charge in [-0.2, -0.15) is 0 Å². The van der Waals surface area contributed by atoms with Crippen LogP contribution >= 0.6 is 0 Å². The maximum Gasteiger partial charge on any atom is 0.547 e. The molecule has 0 aliphatic carbocycles. The average molecular weight is 345 g/mol. The minimum Gasteiger partial charge on any atom is -0.534 e. The van der Waals surface area contributed by atoms with Gasteiger partial charge in [-0.15, -0.1) is 5.10 Å². The zero-order valence-corrected chi connectivity index (χ0v) is 13.1. The number of carbonyl (C=O) groups excluding carboxylic acids is 1. The first-order valence-corrected chi connectivity index (χ1v) is 7.56. The maximum absolute atomic E-state index is 12.1. The third-order valence-corrected chi connectivity index (χ3v) is 3.80. The Labute approximate surface area is 142 Å². The molecule has 0 bridgehead atoms. The van der Waals surface area contributed by atoms with E-state index in [2.05, 4.69) is 15.6 Å². The summed E-state index contributed by atoms with van der Waals surface area (Å²) in [5.74, 6) is -2.12. The molecule has 2 aromatic rings. The number of aromatic nitrogens is 3. The molecule has 0 unspecified atom stereocenters. The molecule has 1 atom stereocenters. The van der Waals surface area contributed by atoms with Gasteiger partial charge in [0.25, 0.3) is 0 Å². The summed E-state index contributed by atoms with van der Waals surface area (Å²) in [6.07, 6.45) is 1.80. The van der Waals surface area contributed by atoms with E-state index in [1.165, 1.54) is 10.7 Å². The van der Waals surface area contributed by atoms with Gasteiger partial charge in [0.15, 0.2) is 0 Å². The second-order valence-corrected chi connectivity index (χ2v) is 5.60. The number of nitrogens with zero attached hydrogens (tertiary/aromatic N) is 3. The molecule has 11 heteroatoms. The van der Waals surface area contributed by atoms with Crippen LogP contribution in [-0.4, -0.2) is 50.1 Å². The Kier molecular flexibility index (Phi) is 4.68. The molecule has 130 valence electrons. The molecular weight excluding hydrogens is 329 g/mol. The highest BCUT2D eigenvalue weighted by molar-refractivity contribution is 6.47. The summed E-state index contributed by atoms with van der Waals surface area (Å²) in [5.41, 5.74) is 6.56. The molecule has 3 rings (SSSR count). The molecule has 1 amide bonds. The van der Waals surface area contributed by atoms with E-state index >= 15 is 0 Å². The molecule has 2 heterocycles. The number of hydrogen-bond donors (Lipinski definition) is 4. The molecule has 1 aromatic heterocycles. The van der Waals surface area contributed by atoms with E-state index < -0.39 is 19.0 Å². The van der Waals surface area contributed by atoms with Gasteiger partial charge >= 0.3 is 13.1 Å². The minimum atomic E-state index is -1.35. The summed E-state index contributed by atoms with van der Waals surface area (Å²) in [6.45, 7) is 0.137. The van der Waals surface area contributed by atoms with E-state index in [0.717, 1.165) is 0 Å². The predicted octanol–water partition coefficient (Wildman–Crippen LogP) is -1.43. The molecule has 25 heavy (non-hydrogen) atoms. The van der Waals surface area contributed by atoms with Gasteiger partial charge in [-0.3, -0.25) is 4.79 Å². The number of carbonyl (C=O) groups is 2. The average Bonchev–Trinajstić information content (AvgIpc) is 3.02. The van der Waals surface area contributed by atoms with Crippen LogP contribution in [0.2, 0.25) is 0 Å². The van der Waals surface area contributed by atoms with E-state index in [4.69, 9.17) is 15.5 Å². The van der Waals surface area contributed by atoms with E-state index in [9.17, 15) is 14.6 Å². The molecule has 1 aromatic carbocycles. The lowest BCUT2D eigenvalue weighted by atomic mass is 9.72. The fraction of sp³-hybridized carbons (Fsp3) is 0.286. The van der Waals surface area contributed by atoms with E-state index in [0.29, 0.717) is 11.3 Å². The van der Waals surface area contributed by atoms with Crippen LogP contribution in [0.25, 0.3) is 0 Å². The van der Waals surface area contributed by atoms with Crippen molar-refractivity contribution in [1.82, 2.24) is 20.3 Å². The van der Waals surface area contributed by atoms with Crippen molar-refractivity contribution in [1.29, 1.82) is 0 Å². The Morgan fingerprint density at radius 1 is 1.48 bits per heavy atom. The Balaban J connectivity index is 1.68. The normalized spacial score (nSPS) is 16.1. The van der Waals surface area contributed by atoms with Gasteiger partial charge in [0.1, 0.15) is 12.3 Å². The molecule has 10 nitrogen and oxygen atoms in total. The van der Waals surface area contributed by atoms with E-state index in [-0.39, 0.29) is 36.7 Å².